The molecule has 1 aliphatic heterocycles. The van der Waals surface area contributed by atoms with E-state index in [-0.39, 0.29) is 10.8 Å². The lowest BCUT2D eigenvalue weighted by Crippen LogP contribution is -2.32. The summed E-state index contributed by atoms with van der Waals surface area (Å²) in [5, 5.41) is 2.68. The predicted octanol–water partition coefficient (Wildman–Crippen LogP) is 3.33. The van der Waals surface area contributed by atoms with Gasteiger partial charge in [0.1, 0.15) is 5.75 Å². The number of nitrogens with zero attached hydrogens (tertiary/aromatic N) is 1. The molecule has 1 aliphatic rings. The SMILES string of the molecule is C/C=C/C=C/C(=O)Nc1cc(S(=O)(=O)N2CCCCCC2)ccc1OC. The molecule has 1 aromatic carbocycles. The maximum Gasteiger partial charge on any atom is 0.248 e. The van der Waals surface area contributed by atoms with E-state index in [1.807, 2.05) is 6.92 Å². The van der Waals surface area contributed by atoms with Gasteiger partial charge < -0.3 is 10.1 Å². The molecule has 0 aromatic heterocycles. The van der Waals surface area contributed by atoms with Gasteiger partial charge in [0.15, 0.2) is 0 Å². The number of amides is 1. The van der Waals surface area contributed by atoms with Crippen molar-refractivity contribution in [2.75, 3.05) is 25.5 Å². The van der Waals surface area contributed by atoms with Gasteiger partial charge in [0.25, 0.3) is 0 Å². The van der Waals surface area contributed by atoms with E-state index in [1.165, 1.54) is 29.6 Å². The van der Waals surface area contributed by atoms with Crippen LogP contribution < -0.4 is 10.1 Å². The van der Waals surface area contributed by atoms with Gasteiger partial charge in [0.05, 0.1) is 17.7 Å². The van der Waals surface area contributed by atoms with Gasteiger partial charge in [-0.2, -0.15) is 4.31 Å². The maximum absolute atomic E-state index is 12.9. The summed E-state index contributed by atoms with van der Waals surface area (Å²) in [6.45, 7) is 2.91. The highest BCUT2D eigenvalue weighted by Crippen LogP contribution is 2.29. The number of benzene rings is 1. The first kappa shape index (κ1) is 20.2. The van der Waals surface area contributed by atoms with E-state index in [1.54, 1.807) is 24.3 Å². The van der Waals surface area contributed by atoms with Gasteiger partial charge in [-0.15, -0.1) is 0 Å². The van der Waals surface area contributed by atoms with Crippen LogP contribution in [-0.2, 0) is 14.8 Å². The summed E-state index contributed by atoms with van der Waals surface area (Å²) in [6.07, 6.45) is 10.4. The zero-order valence-electron chi connectivity index (χ0n) is 15.3. The number of carbonyl (C=O) groups excluding carboxylic acids is 1. The van der Waals surface area contributed by atoms with E-state index in [2.05, 4.69) is 5.32 Å². The van der Waals surface area contributed by atoms with Crippen LogP contribution in [0.25, 0.3) is 0 Å². The van der Waals surface area contributed by atoms with E-state index in [0.717, 1.165) is 25.7 Å². The zero-order chi connectivity index (χ0) is 19.0. The molecule has 0 atom stereocenters. The van der Waals surface area contributed by atoms with Crippen molar-refractivity contribution in [3.63, 3.8) is 0 Å². The second-order valence-electron chi connectivity index (χ2n) is 6.05. The molecule has 1 heterocycles. The monoisotopic (exact) mass is 378 g/mol. The van der Waals surface area contributed by atoms with Crippen molar-refractivity contribution in [2.24, 2.45) is 0 Å². The van der Waals surface area contributed by atoms with Crippen molar-refractivity contribution in [1.29, 1.82) is 0 Å². The molecule has 0 radical (unpaired) electrons. The Morgan fingerprint density at radius 3 is 2.46 bits per heavy atom. The van der Waals surface area contributed by atoms with Crippen LogP contribution in [0.15, 0.2) is 47.4 Å². The lowest BCUT2D eigenvalue weighted by atomic mass is 10.2. The molecule has 0 saturated carbocycles. The second kappa shape index (κ2) is 9.54. The number of rotatable bonds is 6. The second-order valence-corrected chi connectivity index (χ2v) is 7.99. The first-order chi connectivity index (χ1) is 12.5. The van der Waals surface area contributed by atoms with Gasteiger partial charge in [-0.1, -0.05) is 31.1 Å². The van der Waals surface area contributed by atoms with Gasteiger partial charge in [0, 0.05) is 19.2 Å². The van der Waals surface area contributed by atoms with Crippen LogP contribution in [0.3, 0.4) is 0 Å². The molecule has 26 heavy (non-hydrogen) atoms. The lowest BCUT2D eigenvalue weighted by Gasteiger charge is -2.20. The van der Waals surface area contributed by atoms with Gasteiger partial charge in [0.2, 0.25) is 15.9 Å². The highest BCUT2D eigenvalue weighted by molar-refractivity contribution is 7.89. The number of allylic oxidation sites excluding steroid dienone is 3. The number of hydrogen-bond acceptors (Lipinski definition) is 4. The predicted molar refractivity (Wildman–Crippen MR) is 103 cm³/mol. The third-order valence-electron chi connectivity index (χ3n) is 4.18. The summed E-state index contributed by atoms with van der Waals surface area (Å²) >= 11 is 0. The van der Waals surface area contributed by atoms with Crippen molar-refractivity contribution in [3.05, 3.63) is 42.5 Å². The fourth-order valence-electron chi connectivity index (χ4n) is 2.80. The number of sulfonamides is 1. The molecule has 1 aromatic rings. The number of ether oxygens (including phenoxy) is 1. The highest BCUT2D eigenvalue weighted by Gasteiger charge is 2.26. The molecule has 0 bridgehead atoms. The molecule has 0 spiro atoms. The number of methoxy groups -OCH3 is 1. The summed E-state index contributed by atoms with van der Waals surface area (Å²) in [7, 11) is -2.12. The Morgan fingerprint density at radius 1 is 1.15 bits per heavy atom. The minimum absolute atomic E-state index is 0.160. The molecule has 1 amide bonds. The minimum atomic E-state index is -3.59. The van der Waals surface area contributed by atoms with Gasteiger partial charge in [-0.3, -0.25) is 4.79 Å². The van der Waals surface area contributed by atoms with E-state index in [9.17, 15) is 13.2 Å². The van der Waals surface area contributed by atoms with Crippen LogP contribution in [-0.4, -0.2) is 38.8 Å². The standard InChI is InChI=1S/C19H26N2O4S/c1-3-4-7-10-19(22)20-17-15-16(11-12-18(17)25-2)26(23,24)21-13-8-5-6-9-14-21/h3-4,7,10-12,15H,5-6,8-9,13-14H2,1-2H3,(H,20,22)/b4-3+,10-7+. The topological polar surface area (TPSA) is 75.7 Å². The summed E-state index contributed by atoms with van der Waals surface area (Å²) in [4.78, 5) is 12.2. The van der Waals surface area contributed by atoms with E-state index in [0.29, 0.717) is 24.5 Å². The highest BCUT2D eigenvalue weighted by atomic mass is 32.2. The number of hydrogen-bond donors (Lipinski definition) is 1. The molecule has 2 rings (SSSR count). The molecule has 0 unspecified atom stereocenters. The Balaban J connectivity index is 2.28. The average Bonchev–Trinajstić information content (AvgIpc) is 2.92. The quantitative estimate of drug-likeness (QED) is 0.608. The van der Waals surface area contributed by atoms with Crippen LogP contribution in [0.1, 0.15) is 32.6 Å². The van der Waals surface area contributed by atoms with Crippen molar-refractivity contribution >= 4 is 21.6 Å². The molecular formula is C19H26N2O4S. The molecule has 1 N–H and O–H groups in total. The van der Waals surface area contributed by atoms with Gasteiger partial charge in [-0.25, -0.2) is 8.42 Å². The zero-order valence-corrected chi connectivity index (χ0v) is 16.1. The minimum Gasteiger partial charge on any atom is -0.495 e. The van der Waals surface area contributed by atoms with Crippen molar-refractivity contribution < 1.29 is 17.9 Å². The van der Waals surface area contributed by atoms with E-state index in [4.69, 9.17) is 4.74 Å². The number of anilines is 1. The fourth-order valence-corrected chi connectivity index (χ4v) is 4.35. The molecule has 6 nitrogen and oxygen atoms in total. The molecule has 7 heteroatoms. The van der Waals surface area contributed by atoms with Gasteiger partial charge >= 0.3 is 0 Å². The molecule has 142 valence electrons. The Hall–Kier alpha value is -2.12. The van der Waals surface area contributed by atoms with Crippen molar-refractivity contribution in [2.45, 2.75) is 37.5 Å². The Morgan fingerprint density at radius 2 is 1.85 bits per heavy atom. The van der Waals surface area contributed by atoms with Crippen molar-refractivity contribution in [3.8, 4) is 5.75 Å². The number of nitrogens with one attached hydrogen (secondary N) is 1. The number of carbonyl (C=O) groups is 1. The normalized spacial score (nSPS) is 16.7. The molecular weight excluding hydrogens is 352 g/mol. The first-order valence-corrected chi connectivity index (χ1v) is 10.2. The summed E-state index contributed by atoms with van der Waals surface area (Å²) < 4.78 is 32.6. The Kier molecular flexibility index (Phi) is 7.41. The Labute approximate surface area is 155 Å². The molecule has 0 aliphatic carbocycles. The average molecular weight is 378 g/mol. The van der Waals surface area contributed by atoms with E-state index < -0.39 is 10.0 Å². The fraction of sp³-hybridized carbons (Fsp3) is 0.421. The molecule has 1 saturated heterocycles. The van der Waals surface area contributed by atoms with Gasteiger partial charge in [-0.05, 0) is 38.0 Å². The van der Waals surface area contributed by atoms with Crippen LogP contribution in [0.2, 0.25) is 0 Å². The Bertz CT molecular complexity index is 777. The third kappa shape index (κ3) is 5.19. The molecule has 1 fully saturated rings. The summed E-state index contributed by atoms with van der Waals surface area (Å²) in [5.41, 5.74) is 0.332. The summed E-state index contributed by atoms with van der Waals surface area (Å²) in [5.74, 6) is 0.0540. The lowest BCUT2D eigenvalue weighted by molar-refractivity contribution is -0.111. The van der Waals surface area contributed by atoms with Crippen LogP contribution in [0.5, 0.6) is 5.75 Å². The first-order valence-electron chi connectivity index (χ1n) is 8.77. The smallest absolute Gasteiger partial charge is 0.248 e. The van der Waals surface area contributed by atoms with Crippen molar-refractivity contribution in [1.82, 2.24) is 4.31 Å². The van der Waals surface area contributed by atoms with E-state index >= 15 is 0 Å². The van der Waals surface area contributed by atoms with Crippen LogP contribution >= 0.6 is 0 Å². The van der Waals surface area contributed by atoms with Crippen LogP contribution in [0, 0.1) is 0 Å². The largest absolute Gasteiger partial charge is 0.495 e. The summed E-state index contributed by atoms with van der Waals surface area (Å²) in [6, 6.07) is 4.54. The third-order valence-corrected chi connectivity index (χ3v) is 6.08. The maximum atomic E-state index is 12.9. The van der Waals surface area contributed by atoms with Crippen LogP contribution in [0.4, 0.5) is 5.69 Å².